The van der Waals surface area contributed by atoms with Crippen LogP contribution in [0.4, 0.5) is 4.39 Å². The fourth-order valence-electron chi connectivity index (χ4n) is 1.94. The van der Waals surface area contributed by atoms with Crippen molar-refractivity contribution in [3.05, 3.63) is 63.4 Å². The maximum Gasteiger partial charge on any atom is 0.147 e. The highest BCUT2D eigenvalue weighted by Gasteiger charge is 2.12. The van der Waals surface area contributed by atoms with Crippen molar-refractivity contribution >= 4 is 15.9 Å². The minimum Gasteiger partial charge on any atom is -0.488 e. The molecule has 0 aliphatic heterocycles. The predicted molar refractivity (Wildman–Crippen MR) is 82.2 cm³/mol. The van der Waals surface area contributed by atoms with E-state index in [0.29, 0.717) is 11.3 Å². The van der Waals surface area contributed by atoms with Crippen LogP contribution in [0.5, 0.6) is 5.75 Å². The number of ether oxygens (including phenoxy) is 1. The molecular formula is C16H14BrFN2O. The topological polar surface area (TPSA) is 59.0 Å². The van der Waals surface area contributed by atoms with Crippen molar-refractivity contribution in [2.45, 2.75) is 19.6 Å². The zero-order valence-electron chi connectivity index (χ0n) is 11.4. The Labute approximate surface area is 131 Å². The molecule has 0 spiro atoms. The van der Waals surface area contributed by atoms with Gasteiger partial charge in [-0.1, -0.05) is 34.1 Å². The van der Waals surface area contributed by atoms with Gasteiger partial charge >= 0.3 is 0 Å². The Kier molecular flexibility index (Phi) is 4.94. The van der Waals surface area contributed by atoms with Crippen LogP contribution in [0.15, 0.2) is 40.9 Å². The lowest BCUT2D eigenvalue weighted by Crippen LogP contribution is -2.08. The van der Waals surface area contributed by atoms with Crippen molar-refractivity contribution in [3.8, 4) is 11.8 Å². The molecule has 5 heteroatoms. The summed E-state index contributed by atoms with van der Waals surface area (Å²) >= 11 is 3.37. The van der Waals surface area contributed by atoms with E-state index in [-0.39, 0.29) is 18.2 Å². The third-order valence-corrected chi connectivity index (χ3v) is 3.54. The minimum atomic E-state index is -0.544. The van der Waals surface area contributed by atoms with Crippen LogP contribution >= 0.6 is 15.9 Å². The summed E-state index contributed by atoms with van der Waals surface area (Å²) in [4.78, 5) is 0. The molecule has 2 N–H and O–H groups in total. The first-order valence-corrected chi connectivity index (χ1v) is 7.17. The molecule has 0 aliphatic rings. The molecule has 2 aromatic rings. The lowest BCUT2D eigenvalue weighted by atomic mass is 10.1. The van der Waals surface area contributed by atoms with Gasteiger partial charge in [-0.2, -0.15) is 5.26 Å². The van der Waals surface area contributed by atoms with Crippen LogP contribution in [0, 0.1) is 17.1 Å². The molecule has 0 saturated carbocycles. The van der Waals surface area contributed by atoms with Gasteiger partial charge < -0.3 is 10.5 Å². The fraction of sp³-hybridized carbons (Fsp3) is 0.188. The third-order valence-electron chi connectivity index (χ3n) is 3.05. The van der Waals surface area contributed by atoms with Crippen LogP contribution in [-0.2, 0) is 6.61 Å². The van der Waals surface area contributed by atoms with Crippen LogP contribution in [0.25, 0.3) is 0 Å². The lowest BCUT2D eigenvalue weighted by molar-refractivity contribution is 0.295. The molecule has 0 aliphatic carbocycles. The first-order valence-electron chi connectivity index (χ1n) is 6.38. The Morgan fingerprint density at radius 2 is 2.14 bits per heavy atom. The van der Waals surface area contributed by atoms with Gasteiger partial charge in [0.2, 0.25) is 0 Å². The number of rotatable bonds is 4. The van der Waals surface area contributed by atoms with Gasteiger partial charge in [-0.3, -0.25) is 0 Å². The quantitative estimate of drug-likeness (QED) is 0.906. The third kappa shape index (κ3) is 3.60. The molecule has 21 heavy (non-hydrogen) atoms. The fourth-order valence-corrected chi connectivity index (χ4v) is 2.28. The van der Waals surface area contributed by atoms with Crippen LogP contribution in [-0.4, -0.2) is 0 Å². The molecule has 0 fully saturated rings. The molecule has 1 atom stereocenters. The van der Waals surface area contributed by atoms with Gasteiger partial charge in [-0.15, -0.1) is 0 Å². The Bertz CT molecular complexity index is 695. The van der Waals surface area contributed by atoms with Crippen LogP contribution in [0.2, 0.25) is 0 Å². The molecule has 0 bridgehead atoms. The van der Waals surface area contributed by atoms with E-state index >= 15 is 0 Å². The standard InChI is InChI=1S/C16H14BrFN2O/c1-10(20)14-6-5-13(17)7-15(14)21-9-12-4-2-3-11(8-19)16(12)18/h2-7,10H,9,20H2,1H3/t10-/m1/s1. The molecule has 2 rings (SSSR count). The van der Waals surface area contributed by atoms with Gasteiger partial charge in [0.25, 0.3) is 0 Å². The van der Waals surface area contributed by atoms with Gasteiger partial charge in [0, 0.05) is 21.6 Å². The number of nitrogens with zero attached hydrogens (tertiary/aromatic N) is 1. The van der Waals surface area contributed by atoms with E-state index in [1.54, 1.807) is 18.2 Å². The molecule has 3 nitrogen and oxygen atoms in total. The maximum absolute atomic E-state index is 14.0. The van der Waals surface area contributed by atoms with E-state index in [9.17, 15) is 4.39 Å². The molecule has 108 valence electrons. The number of nitrogens with two attached hydrogens (primary N) is 1. The van der Waals surface area contributed by atoms with Crippen molar-refractivity contribution < 1.29 is 9.13 Å². The van der Waals surface area contributed by atoms with E-state index in [4.69, 9.17) is 15.7 Å². The lowest BCUT2D eigenvalue weighted by Gasteiger charge is -2.15. The van der Waals surface area contributed by atoms with E-state index in [1.807, 2.05) is 25.1 Å². The Morgan fingerprint density at radius 1 is 1.38 bits per heavy atom. The number of nitriles is 1. The minimum absolute atomic E-state index is 0.0118. The van der Waals surface area contributed by atoms with Crippen molar-refractivity contribution in [1.29, 1.82) is 5.26 Å². The number of hydrogen-bond donors (Lipinski definition) is 1. The van der Waals surface area contributed by atoms with E-state index < -0.39 is 5.82 Å². The Morgan fingerprint density at radius 3 is 2.81 bits per heavy atom. The summed E-state index contributed by atoms with van der Waals surface area (Å²) in [5.41, 5.74) is 7.09. The molecule has 0 heterocycles. The average Bonchev–Trinajstić information content (AvgIpc) is 2.46. The predicted octanol–water partition coefficient (Wildman–Crippen LogP) is 4.06. The van der Waals surface area contributed by atoms with Crippen molar-refractivity contribution in [2.75, 3.05) is 0 Å². The summed E-state index contributed by atoms with van der Waals surface area (Å²) in [6.45, 7) is 1.89. The Balaban J connectivity index is 2.25. The molecule has 0 unspecified atom stereocenters. The Hall–Kier alpha value is -1.90. The highest BCUT2D eigenvalue weighted by Crippen LogP contribution is 2.28. The van der Waals surface area contributed by atoms with Crippen molar-refractivity contribution in [2.24, 2.45) is 5.73 Å². The SMILES string of the molecule is C[C@@H](N)c1ccc(Br)cc1OCc1cccc(C#N)c1F. The number of benzene rings is 2. The summed E-state index contributed by atoms with van der Waals surface area (Å²) < 4.78 is 20.5. The highest BCUT2D eigenvalue weighted by atomic mass is 79.9. The zero-order valence-corrected chi connectivity index (χ0v) is 13.0. The second kappa shape index (κ2) is 6.70. The normalized spacial score (nSPS) is 11.8. The second-order valence-corrected chi connectivity index (χ2v) is 5.57. The van der Waals surface area contributed by atoms with Gasteiger partial charge in [0.1, 0.15) is 24.2 Å². The summed E-state index contributed by atoms with van der Waals surface area (Å²) in [5.74, 6) is 0.0541. The summed E-state index contributed by atoms with van der Waals surface area (Å²) in [5, 5.41) is 8.83. The second-order valence-electron chi connectivity index (χ2n) is 4.65. The van der Waals surface area contributed by atoms with Crippen molar-refractivity contribution in [3.63, 3.8) is 0 Å². The first kappa shape index (κ1) is 15.5. The molecule has 0 amide bonds. The van der Waals surface area contributed by atoms with Crippen LogP contribution < -0.4 is 10.5 Å². The highest BCUT2D eigenvalue weighted by molar-refractivity contribution is 9.10. The van der Waals surface area contributed by atoms with Gasteiger partial charge in [0.15, 0.2) is 0 Å². The number of halogens is 2. The zero-order chi connectivity index (χ0) is 15.4. The molecule has 0 radical (unpaired) electrons. The smallest absolute Gasteiger partial charge is 0.147 e. The largest absolute Gasteiger partial charge is 0.488 e. The van der Waals surface area contributed by atoms with Gasteiger partial charge in [-0.25, -0.2) is 4.39 Å². The van der Waals surface area contributed by atoms with Gasteiger partial charge in [-0.05, 0) is 25.1 Å². The van der Waals surface area contributed by atoms with Crippen LogP contribution in [0.3, 0.4) is 0 Å². The van der Waals surface area contributed by atoms with Crippen LogP contribution in [0.1, 0.15) is 29.7 Å². The molecule has 0 saturated heterocycles. The maximum atomic E-state index is 14.0. The first-order chi connectivity index (χ1) is 10.0. The van der Waals surface area contributed by atoms with E-state index in [0.717, 1.165) is 10.0 Å². The average molecular weight is 349 g/mol. The van der Waals surface area contributed by atoms with E-state index in [2.05, 4.69) is 15.9 Å². The monoisotopic (exact) mass is 348 g/mol. The summed E-state index contributed by atoms with van der Waals surface area (Å²) in [6, 6.07) is 11.8. The molecule has 0 aromatic heterocycles. The van der Waals surface area contributed by atoms with E-state index in [1.165, 1.54) is 6.07 Å². The summed E-state index contributed by atoms with van der Waals surface area (Å²) in [7, 11) is 0. The summed E-state index contributed by atoms with van der Waals surface area (Å²) in [6.07, 6.45) is 0. The van der Waals surface area contributed by atoms with Crippen molar-refractivity contribution in [1.82, 2.24) is 0 Å². The van der Waals surface area contributed by atoms with Gasteiger partial charge in [0.05, 0.1) is 5.56 Å². The molecule has 2 aromatic carbocycles. The molecular weight excluding hydrogens is 335 g/mol. The number of hydrogen-bond acceptors (Lipinski definition) is 3.